The molecule has 1 heterocycles. The Morgan fingerprint density at radius 3 is 2.70 bits per heavy atom. The molecule has 0 aliphatic carbocycles. The average Bonchev–Trinajstić information content (AvgIpc) is 2.17. The van der Waals surface area contributed by atoms with E-state index in [2.05, 4.69) is 0 Å². The fourth-order valence-corrected chi connectivity index (χ4v) is 0.727. The standard InChI is InChI=1S/C6H11N2O.BrH/c1-7-3-4-8(5-7)6-9-2;/h3-5H,6H2,1-2H3;1H/q+1;/p-1. The van der Waals surface area contributed by atoms with E-state index in [1.54, 1.807) is 7.11 Å². The first kappa shape index (κ1) is 9.65. The van der Waals surface area contributed by atoms with E-state index >= 15 is 0 Å². The van der Waals surface area contributed by atoms with Gasteiger partial charge in [-0.05, 0) is 0 Å². The van der Waals surface area contributed by atoms with Crippen LogP contribution in [-0.2, 0) is 18.5 Å². The number of hydrogen-bond acceptors (Lipinski definition) is 1. The summed E-state index contributed by atoms with van der Waals surface area (Å²) in [6.45, 7) is 0.626. The quantitative estimate of drug-likeness (QED) is 0.470. The van der Waals surface area contributed by atoms with Crippen LogP contribution in [-0.4, -0.2) is 11.7 Å². The molecule has 0 N–H and O–H groups in total. The van der Waals surface area contributed by atoms with Gasteiger partial charge in [-0.1, -0.05) is 0 Å². The minimum atomic E-state index is 0. The summed E-state index contributed by atoms with van der Waals surface area (Å²) in [5.41, 5.74) is 0. The van der Waals surface area contributed by atoms with Crippen molar-refractivity contribution >= 4 is 0 Å². The summed E-state index contributed by atoms with van der Waals surface area (Å²) in [7, 11) is 3.66. The monoisotopic (exact) mass is 206 g/mol. The van der Waals surface area contributed by atoms with E-state index in [-0.39, 0.29) is 17.0 Å². The van der Waals surface area contributed by atoms with Crippen molar-refractivity contribution in [3.63, 3.8) is 0 Å². The van der Waals surface area contributed by atoms with Gasteiger partial charge in [0.1, 0.15) is 12.4 Å². The highest BCUT2D eigenvalue weighted by atomic mass is 79.9. The summed E-state index contributed by atoms with van der Waals surface area (Å²) >= 11 is 0. The number of halogens is 1. The van der Waals surface area contributed by atoms with E-state index in [1.807, 2.05) is 34.9 Å². The van der Waals surface area contributed by atoms with Crippen molar-refractivity contribution in [2.45, 2.75) is 6.73 Å². The number of methoxy groups -OCH3 is 1. The number of imidazole rings is 1. The molecule has 4 heteroatoms. The number of nitrogens with zero attached hydrogens (tertiary/aromatic N) is 2. The molecule has 0 saturated carbocycles. The SMILES string of the molecule is COC[n+]1ccn(C)c1.[Br-]. The van der Waals surface area contributed by atoms with Crippen LogP contribution in [0.15, 0.2) is 18.7 Å². The molecule has 0 amide bonds. The first-order valence-corrected chi connectivity index (χ1v) is 2.83. The van der Waals surface area contributed by atoms with Crippen LogP contribution in [0.3, 0.4) is 0 Å². The van der Waals surface area contributed by atoms with Gasteiger partial charge < -0.3 is 21.7 Å². The van der Waals surface area contributed by atoms with Crippen molar-refractivity contribution < 1.29 is 26.3 Å². The third-order valence-corrected chi connectivity index (χ3v) is 1.10. The third kappa shape index (κ3) is 2.49. The van der Waals surface area contributed by atoms with Crippen molar-refractivity contribution in [2.24, 2.45) is 7.05 Å². The lowest BCUT2D eigenvalue weighted by molar-refractivity contribution is -0.730. The van der Waals surface area contributed by atoms with Crippen LogP contribution in [0, 0.1) is 0 Å². The van der Waals surface area contributed by atoms with Crippen LogP contribution < -0.4 is 21.5 Å². The molecular weight excluding hydrogens is 196 g/mol. The normalized spacial score (nSPS) is 9.00. The zero-order valence-corrected chi connectivity index (χ0v) is 7.71. The Morgan fingerprint density at radius 1 is 1.60 bits per heavy atom. The Labute approximate surface area is 71.0 Å². The molecule has 0 aliphatic rings. The number of aryl methyl sites for hydroxylation is 1. The summed E-state index contributed by atoms with van der Waals surface area (Å²) < 4.78 is 8.82. The van der Waals surface area contributed by atoms with Gasteiger partial charge in [0.05, 0.1) is 7.05 Å². The average molecular weight is 207 g/mol. The predicted octanol–water partition coefficient (Wildman–Crippen LogP) is -3.08. The summed E-state index contributed by atoms with van der Waals surface area (Å²) in [6, 6.07) is 0. The molecule has 0 fully saturated rings. The van der Waals surface area contributed by atoms with E-state index in [4.69, 9.17) is 4.74 Å². The minimum Gasteiger partial charge on any atom is -1.00 e. The van der Waals surface area contributed by atoms with Gasteiger partial charge in [0.15, 0.2) is 6.73 Å². The molecule has 0 aromatic carbocycles. The van der Waals surface area contributed by atoms with Gasteiger partial charge in [0.2, 0.25) is 6.33 Å². The lowest BCUT2D eigenvalue weighted by atomic mass is 10.9. The summed E-state index contributed by atoms with van der Waals surface area (Å²) in [5, 5.41) is 0. The van der Waals surface area contributed by atoms with E-state index in [9.17, 15) is 0 Å². The predicted molar refractivity (Wildman–Crippen MR) is 32.6 cm³/mol. The second-order valence-electron chi connectivity index (χ2n) is 2.01. The van der Waals surface area contributed by atoms with E-state index in [0.717, 1.165) is 0 Å². The molecule has 0 bridgehead atoms. The van der Waals surface area contributed by atoms with Crippen molar-refractivity contribution in [2.75, 3.05) is 7.11 Å². The molecule has 0 saturated heterocycles. The Hall–Kier alpha value is -0.350. The lowest BCUT2D eigenvalue weighted by Gasteiger charge is -1.88. The lowest BCUT2D eigenvalue weighted by Crippen LogP contribution is -3.00. The molecule has 0 radical (unpaired) electrons. The zero-order chi connectivity index (χ0) is 6.69. The second kappa shape index (κ2) is 4.46. The Balaban J connectivity index is 0.000000810. The van der Waals surface area contributed by atoms with Gasteiger partial charge in [0, 0.05) is 7.11 Å². The molecule has 1 rings (SSSR count). The summed E-state index contributed by atoms with van der Waals surface area (Å²) in [5.74, 6) is 0. The molecule has 3 nitrogen and oxygen atoms in total. The minimum absolute atomic E-state index is 0. The smallest absolute Gasteiger partial charge is 0.245 e. The number of ether oxygens (including phenoxy) is 1. The molecule has 58 valence electrons. The molecule has 0 unspecified atom stereocenters. The van der Waals surface area contributed by atoms with Crippen molar-refractivity contribution in [3.8, 4) is 0 Å². The molecule has 10 heavy (non-hydrogen) atoms. The van der Waals surface area contributed by atoms with Gasteiger partial charge in [-0.25, -0.2) is 9.13 Å². The van der Waals surface area contributed by atoms with Gasteiger partial charge in [-0.3, -0.25) is 0 Å². The fourth-order valence-electron chi connectivity index (χ4n) is 0.727. The zero-order valence-electron chi connectivity index (χ0n) is 6.12. The third-order valence-electron chi connectivity index (χ3n) is 1.10. The van der Waals surface area contributed by atoms with Crippen molar-refractivity contribution in [1.82, 2.24) is 4.57 Å². The molecular formula is C6H11BrN2O. The molecule has 1 aromatic rings. The molecule has 0 spiro atoms. The molecule has 0 aliphatic heterocycles. The highest BCUT2D eigenvalue weighted by Gasteiger charge is 1.95. The number of aromatic nitrogens is 2. The number of rotatable bonds is 2. The van der Waals surface area contributed by atoms with E-state index in [0.29, 0.717) is 6.73 Å². The maximum Gasteiger partial charge on any atom is 0.245 e. The fraction of sp³-hybridized carbons (Fsp3) is 0.500. The van der Waals surface area contributed by atoms with Gasteiger partial charge in [-0.15, -0.1) is 0 Å². The van der Waals surface area contributed by atoms with Gasteiger partial charge in [-0.2, -0.15) is 0 Å². The largest absolute Gasteiger partial charge is 1.00 e. The first-order valence-electron chi connectivity index (χ1n) is 2.83. The van der Waals surface area contributed by atoms with E-state index in [1.165, 1.54) is 0 Å². The van der Waals surface area contributed by atoms with Crippen LogP contribution in [0.5, 0.6) is 0 Å². The van der Waals surface area contributed by atoms with Crippen LogP contribution in [0.4, 0.5) is 0 Å². The van der Waals surface area contributed by atoms with Crippen molar-refractivity contribution in [1.29, 1.82) is 0 Å². The summed E-state index contributed by atoms with van der Waals surface area (Å²) in [6.07, 6.45) is 5.89. The van der Waals surface area contributed by atoms with E-state index < -0.39 is 0 Å². The second-order valence-corrected chi connectivity index (χ2v) is 2.01. The Kier molecular flexibility index (Phi) is 4.31. The van der Waals surface area contributed by atoms with Crippen LogP contribution in [0.25, 0.3) is 0 Å². The topological polar surface area (TPSA) is 18.0 Å². The highest BCUT2D eigenvalue weighted by Crippen LogP contribution is 1.75. The van der Waals surface area contributed by atoms with Crippen molar-refractivity contribution in [3.05, 3.63) is 18.7 Å². The van der Waals surface area contributed by atoms with Crippen LogP contribution >= 0.6 is 0 Å². The van der Waals surface area contributed by atoms with Gasteiger partial charge in [0.25, 0.3) is 0 Å². The number of hydrogen-bond donors (Lipinski definition) is 0. The van der Waals surface area contributed by atoms with Crippen LogP contribution in [0.2, 0.25) is 0 Å². The van der Waals surface area contributed by atoms with Gasteiger partial charge >= 0.3 is 0 Å². The van der Waals surface area contributed by atoms with Crippen LogP contribution in [0.1, 0.15) is 0 Å². The first-order chi connectivity index (χ1) is 4.33. The Morgan fingerprint density at radius 2 is 2.30 bits per heavy atom. The Bertz CT molecular complexity index is 188. The maximum atomic E-state index is 4.89. The molecule has 1 aromatic heterocycles. The molecule has 0 atom stereocenters. The summed E-state index contributed by atoms with van der Waals surface area (Å²) in [4.78, 5) is 0. The highest BCUT2D eigenvalue weighted by molar-refractivity contribution is 4.61. The maximum absolute atomic E-state index is 4.89.